The summed E-state index contributed by atoms with van der Waals surface area (Å²) in [6.45, 7) is 7.63. The highest BCUT2D eigenvalue weighted by atomic mass is 16.6. The number of hydrogen-bond acceptors (Lipinski definition) is 6. The Morgan fingerprint density at radius 3 is 2.19 bits per heavy atom. The molecule has 0 N–H and O–H groups in total. The van der Waals surface area contributed by atoms with Crippen LogP contribution >= 0.6 is 0 Å². The number of esters is 2. The van der Waals surface area contributed by atoms with Crippen molar-refractivity contribution in [3.05, 3.63) is 0 Å². The van der Waals surface area contributed by atoms with E-state index in [0.717, 1.165) is 0 Å². The minimum Gasteiger partial charge on any atom is -0.463 e. The van der Waals surface area contributed by atoms with Crippen molar-refractivity contribution in [1.82, 2.24) is 0 Å². The van der Waals surface area contributed by atoms with Crippen LogP contribution in [0.3, 0.4) is 0 Å². The zero-order valence-electron chi connectivity index (χ0n) is 12.9. The molecule has 6 heteroatoms. The Kier molecular flexibility index (Phi) is 5.22. The molecule has 2 rings (SSSR count). The van der Waals surface area contributed by atoms with Gasteiger partial charge in [-0.15, -0.1) is 0 Å². The van der Waals surface area contributed by atoms with Crippen LogP contribution in [-0.2, 0) is 28.5 Å². The van der Waals surface area contributed by atoms with E-state index in [1.807, 2.05) is 20.8 Å². The zero-order valence-corrected chi connectivity index (χ0v) is 12.9. The first-order valence-corrected chi connectivity index (χ1v) is 7.45. The number of carbonyl (C=O) groups is 2. The Hall–Kier alpha value is -1.14. The molecule has 0 bridgehead atoms. The van der Waals surface area contributed by atoms with Gasteiger partial charge in [0.15, 0.2) is 0 Å². The summed E-state index contributed by atoms with van der Waals surface area (Å²) in [6.07, 6.45) is 1.05. The molecule has 2 aliphatic heterocycles. The monoisotopic (exact) mass is 300 g/mol. The third kappa shape index (κ3) is 5.28. The highest BCUT2D eigenvalue weighted by Gasteiger charge is 2.37. The molecule has 2 fully saturated rings. The Morgan fingerprint density at radius 1 is 1.14 bits per heavy atom. The third-order valence-electron chi connectivity index (χ3n) is 4.17. The van der Waals surface area contributed by atoms with E-state index in [-0.39, 0.29) is 30.1 Å². The summed E-state index contributed by atoms with van der Waals surface area (Å²) < 4.78 is 20.3. The molecule has 0 radical (unpaired) electrons. The molecule has 0 aromatic carbocycles. The van der Waals surface area contributed by atoms with Crippen molar-refractivity contribution in [1.29, 1.82) is 0 Å². The summed E-state index contributed by atoms with van der Waals surface area (Å²) in [5.41, 5.74) is -0.630. The maximum Gasteiger partial charge on any atom is 0.311 e. The van der Waals surface area contributed by atoms with E-state index in [1.54, 1.807) is 0 Å². The van der Waals surface area contributed by atoms with E-state index in [0.29, 0.717) is 39.3 Å². The van der Waals surface area contributed by atoms with E-state index >= 15 is 0 Å². The molecule has 3 unspecified atom stereocenters. The second-order valence-corrected chi connectivity index (χ2v) is 6.35. The van der Waals surface area contributed by atoms with E-state index in [9.17, 15) is 9.59 Å². The van der Waals surface area contributed by atoms with Gasteiger partial charge < -0.3 is 18.9 Å². The van der Waals surface area contributed by atoms with Crippen molar-refractivity contribution in [2.24, 2.45) is 11.3 Å². The highest BCUT2D eigenvalue weighted by Crippen LogP contribution is 2.32. The quantitative estimate of drug-likeness (QED) is 0.472. The molecular weight excluding hydrogens is 276 g/mol. The highest BCUT2D eigenvalue weighted by molar-refractivity contribution is 5.76. The number of hydrogen-bond donors (Lipinski definition) is 0. The van der Waals surface area contributed by atoms with Crippen LogP contribution < -0.4 is 0 Å². The lowest BCUT2D eigenvalue weighted by atomic mass is 9.77. The van der Waals surface area contributed by atoms with Gasteiger partial charge in [0, 0.05) is 6.42 Å². The van der Waals surface area contributed by atoms with Crippen LogP contribution in [-0.4, -0.2) is 50.6 Å². The summed E-state index contributed by atoms with van der Waals surface area (Å²) in [5.74, 6) is -0.465. The first-order valence-electron chi connectivity index (χ1n) is 7.45. The van der Waals surface area contributed by atoms with Crippen molar-refractivity contribution in [3.63, 3.8) is 0 Å². The Labute approximate surface area is 125 Å². The molecule has 0 aliphatic carbocycles. The molecule has 2 aliphatic rings. The van der Waals surface area contributed by atoms with E-state index < -0.39 is 5.41 Å². The summed E-state index contributed by atoms with van der Waals surface area (Å²) in [4.78, 5) is 23.7. The fourth-order valence-corrected chi connectivity index (χ4v) is 1.84. The van der Waals surface area contributed by atoms with Gasteiger partial charge in [0.05, 0.1) is 18.6 Å². The molecule has 0 aromatic heterocycles. The minimum atomic E-state index is -0.630. The summed E-state index contributed by atoms with van der Waals surface area (Å²) >= 11 is 0. The van der Waals surface area contributed by atoms with Gasteiger partial charge in [-0.25, -0.2) is 0 Å². The molecule has 120 valence electrons. The maximum absolute atomic E-state index is 12.1. The number of epoxide rings is 2. The van der Waals surface area contributed by atoms with E-state index in [1.165, 1.54) is 0 Å². The predicted octanol–water partition coefficient (Wildman–Crippen LogP) is 1.31. The second kappa shape index (κ2) is 6.75. The first-order chi connectivity index (χ1) is 9.89. The summed E-state index contributed by atoms with van der Waals surface area (Å²) in [7, 11) is 0. The average Bonchev–Trinajstić information content (AvgIpc) is 3.33. The topological polar surface area (TPSA) is 77.7 Å². The predicted molar refractivity (Wildman–Crippen MR) is 73.6 cm³/mol. The van der Waals surface area contributed by atoms with Gasteiger partial charge >= 0.3 is 11.9 Å². The van der Waals surface area contributed by atoms with Crippen molar-refractivity contribution in [2.45, 2.75) is 45.8 Å². The molecule has 0 aromatic rings. The van der Waals surface area contributed by atoms with Gasteiger partial charge in [-0.1, -0.05) is 6.92 Å². The van der Waals surface area contributed by atoms with Gasteiger partial charge in [-0.05, 0) is 26.2 Å². The standard InChI is InChI=1S/C15H24O6/c1-10(4-5-13(16)20-8-11-6-18-11)15(2,3)14(17)21-9-12-7-19-12/h10-12H,4-9H2,1-3H3. The molecule has 6 nitrogen and oxygen atoms in total. The molecule has 0 amide bonds. The smallest absolute Gasteiger partial charge is 0.311 e. The molecule has 2 saturated heterocycles. The lowest BCUT2D eigenvalue weighted by molar-refractivity contribution is -0.158. The van der Waals surface area contributed by atoms with Crippen LogP contribution in [0.15, 0.2) is 0 Å². The number of ether oxygens (including phenoxy) is 4. The van der Waals surface area contributed by atoms with Gasteiger partial charge in [0.1, 0.15) is 25.4 Å². The third-order valence-corrected chi connectivity index (χ3v) is 4.17. The van der Waals surface area contributed by atoms with E-state index in [4.69, 9.17) is 18.9 Å². The molecule has 0 saturated carbocycles. The van der Waals surface area contributed by atoms with Crippen LogP contribution in [0.2, 0.25) is 0 Å². The largest absolute Gasteiger partial charge is 0.463 e. The van der Waals surface area contributed by atoms with E-state index in [2.05, 4.69) is 0 Å². The average molecular weight is 300 g/mol. The van der Waals surface area contributed by atoms with Crippen LogP contribution in [0, 0.1) is 11.3 Å². The molecule has 2 heterocycles. The van der Waals surface area contributed by atoms with Gasteiger partial charge in [0.2, 0.25) is 0 Å². The fourth-order valence-electron chi connectivity index (χ4n) is 1.84. The second-order valence-electron chi connectivity index (χ2n) is 6.35. The summed E-state index contributed by atoms with van der Waals surface area (Å²) in [6, 6.07) is 0. The van der Waals surface area contributed by atoms with Gasteiger partial charge in [0.25, 0.3) is 0 Å². The fraction of sp³-hybridized carbons (Fsp3) is 0.867. The van der Waals surface area contributed by atoms with Crippen LogP contribution in [0.5, 0.6) is 0 Å². The van der Waals surface area contributed by atoms with Crippen molar-refractivity contribution in [2.75, 3.05) is 26.4 Å². The maximum atomic E-state index is 12.1. The molecule has 0 spiro atoms. The lowest BCUT2D eigenvalue weighted by Gasteiger charge is -2.29. The Balaban J connectivity index is 1.66. The SMILES string of the molecule is CC(CCC(=O)OCC1CO1)C(C)(C)C(=O)OCC1CO1. The van der Waals surface area contributed by atoms with Crippen molar-refractivity contribution >= 4 is 11.9 Å². The molecule has 21 heavy (non-hydrogen) atoms. The minimum absolute atomic E-state index is 0.0230. The number of carbonyl (C=O) groups excluding carboxylic acids is 2. The van der Waals surface area contributed by atoms with Crippen molar-refractivity contribution < 1.29 is 28.5 Å². The Morgan fingerprint density at radius 2 is 1.67 bits per heavy atom. The van der Waals surface area contributed by atoms with Crippen LogP contribution in [0.1, 0.15) is 33.6 Å². The lowest BCUT2D eigenvalue weighted by Crippen LogP contribution is -2.34. The summed E-state index contributed by atoms with van der Waals surface area (Å²) in [5, 5.41) is 0. The first kappa shape index (κ1) is 16.2. The molecule has 3 atom stereocenters. The number of rotatable bonds is 9. The molecular formula is C15H24O6. The van der Waals surface area contributed by atoms with Gasteiger partial charge in [-0.2, -0.15) is 0 Å². The van der Waals surface area contributed by atoms with Crippen LogP contribution in [0.25, 0.3) is 0 Å². The van der Waals surface area contributed by atoms with Gasteiger partial charge in [-0.3, -0.25) is 9.59 Å². The Bertz CT molecular complexity index is 384. The zero-order chi connectivity index (χ0) is 15.5. The van der Waals surface area contributed by atoms with Crippen LogP contribution in [0.4, 0.5) is 0 Å². The van der Waals surface area contributed by atoms with Crippen molar-refractivity contribution in [3.8, 4) is 0 Å². The normalized spacial score (nSPS) is 25.1.